The number of likely N-dealkylation sites (tertiary alicyclic amines) is 1. The number of ether oxygens (including phenoxy) is 2. The van der Waals surface area contributed by atoms with E-state index in [9.17, 15) is 0 Å². The number of fused-ring (bicyclic) bond motifs is 1. The minimum absolute atomic E-state index is 0.404. The third-order valence-electron chi connectivity index (χ3n) is 6.04. The highest BCUT2D eigenvalue weighted by molar-refractivity contribution is 7.09. The maximum atomic E-state index is 6.37. The summed E-state index contributed by atoms with van der Waals surface area (Å²) in [6.07, 6.45) is 6.09. The molecule has 1 saturated carbocycles. The van der Waals surface area contributed by atoms with Gasteiger partial charge in [-0.1, -0.05) is 12.5 Å². The Hall–Kier alpha value is -1.56. The molecule has 3 heterocycles. The molecule has 2 aromatic rings. The number of rotatable bonds is 4. The Kier molecular flexibility index (Phi) is 4.39. The van der Waals surface area contributed by atoms with E-state index in [2.05, 4.69) is 45.9 Å². The molecule has 2 fully saturated rings. The normalized spacial score (nSPS) is 22.5. The van der Waals surface area contributed by atoms with Gasteiger partial charge >= 0.3 is 0 Å². The topological polar surface area (TPSA) is 33.7 Å². The first kappa shape index (κ1) is 16.6. The zero-order valence-electron chi connectivity index (χ0n) is 15.1. The molecule has 1 aliphatic carbocycles. The van der Waals surface area contributed by atoms with Gasteiger partial charge in [-0.25, -0.2) is 0 Å². The minimum Gasteiger partial charge on any atom is -0.462 e. The molecule has 26 heavy (non-hydrogen) atoms. The molecule has 3 aliphatic rings. The van der Waals surface area contributed by atoms with E-state index in [4.69, 9.17) is 9.47 Å². The van der Waals surface area contributed by atoms with Gasteiger partial charge < -0.3 is 14.8 Å². The van der Waals surface area contributed by atoms with Crippen LogP contribution in [0.1, 0.15) is 42.5 Å². The van der Waals surface area contributed by atoms with Crippen LogP contribution in [0, 0.1) is 0 Å². The summed E-state index contributed by atoms with van der Waals surface area (Å²) >= 11 is 1.78. The highest BCUT2D eigenvalue weighted by Crippen LogP contribution is 2.40. The van der Waals surface area contributed by atoms with Crippen molar-refractivity contribution in [2.75, 3.05) is 18.4 Å². The first-order chi connectivity index (χ1) is 12.8. The minimum atomic E-state index is -0.404. The van der Waals surface area contributed by atoms with E-state index in [0.717, 1.165) is 55.5 Å². The Balaban J connectivity index is 1.22. The Morgan fingerprint density at radius 3 is 2.81 bits per heavy atom. The van der Waals surface area contributed by atoms with Crippen LogP contribution in [0.15, 0.2) is 35.7 Å². The number of anilines is 1. The van der Waals surface area contributed by atoms with Crippen LogP contribution in [0.5, 0.6) is 5.75 Å². The van der Waals surface area contributed by atoms with Crippen LogP contribution in [0.2, 0.25) is 0 Å². The number of piperidine rings is 1. The summed E-state index contributed by atoms with van der Waals surface area (Å²) in [7, 11) is 0. The molecule has 0 unspecified atom stereocenters. The Labute approximate surface area is 159 Å². The fourth-order valence-electron chi connectivity index (χ4n) is 4.17. The Morgan fingerprint density at radius 1 is 1.19 bits per heavy atom. The molecule has 5 rings (SSSR count). The second-order valence-corrected chi connectivity index (χ2v) is 8.71. The van der Waals surface area contributed by atoms with E-state index < -0.39 is 5.79 Å². The maximum Gasteiger partial charge on any atom is 0.213 e. The molecule has 0 bridgehead atoms. The molecule has 0 radical (unpaired) electrons. The van der Waals surface area contributed by atoms with Crippen LogP contribution < -0.4 is 10.1 Å². The Morgan fingerprint density at radius 2 is 2.08 bits per heavy atom. The van der Waals surface area contributed by atoms with Crippen LogP contribution in [-0.4, -0.2) is 29.8 Å². The average Bonchev–Trinajstić information content (AvgIpc) is 3.14. The molecular weight excluding hydrogens is 344 g/mol. The molecule has 0 atom stereocenters. The van der Waals surface area contributed by atoms with Gasteiger partial charge in [-0.05, 0) is 42.5 Å². The van der Waals surface area contributed by atoms with Crippen molar-refractivity contribution in [3.05, 3.63) is 46.2 Å². The van der Waals surface area contributed by atoms with Crippen molar-refractivity contribution < 1.29 is 9.47 Å². The smallest absolute Gasteiger partial charge is 0.213 e. The van der Waals surface area contributed by atoms with Crippen molar-refractivity contribution in [2.24, 2.45) is 0 Å². The number of benzene rings is 1. The predicted octanol–water partition coefficient (Wildman–Crippen LogP) is 4.61. The van der Waals surface area contributed by atoms with Crippen LogP contribution in [0.25, 0.3) is 0 Å². The third-order valence-corrected chi connectivity index (χ3v) is 6.92. The molecule has 5 heteroatoms. The lowest BCUT2D eigenvalue weighted by molar-refractivity contribution is -0.231. The van der Waals surface area contributed by atoms with E-state index in [0.29, 0.717) is 6.61 Å². The predicted molar refractivity (Wildman–Crippen MR) is 105 cm³/mol. The number of nitrogens with one attached hydrogen (secondary N) is 1. The van der Waals surface area contributed by atoms with Crippen LogP contribution in [-0.2, 0) is 17.9 Å². The summed E-state index contributed by atoms with van der Waals surface area (Å²) in [4.78, 5) is 3.97. The highest BCUT2D eigenvalue weighted by Gasteiger charge is 2.42. The molecule has 1 saturated heterocycles. The Bertz CT molecular complexity index is 749. The van der Waals surface area contributed by atoms with Crippen molar-refractivity contribution in [1.82, 2.24) is 4.90 Å². The van der Waals surface area contributed by atoms with Gasteiger partial charge in [0.15, 0.2) is 0 Å². The fraction of sp³-hybridized carbons (Fsp3) is 0.524. The second kappa shape index (κ2) is 6.87. The molecule has 1 aromatic carbocycles. The van der Waals surface area contributed by atoms with E-state index in [1.807, 2.05) is 0 Å². The number of hydrogen-bond donors (Lipinski definition) is 1. The van der Waals surface area contributed by atoms with Gasteiger partial charge in [0.2, 0.25) is 5.79 Å². The van der Waals surface area contributed by atoms with Crippen molar-refractivity contribution in [2.45, 2.75) is 57.1 Å². The molecule has 1 spiro atoms. The molecule has 0 amide bonds. The van der Waals surface area contributed by atoms with E-state index in [1.165, 1.54) is 24.1 Å². The zero-order valence-corrected chi connectivity index (χ0v) is 15.9. The molecular formula is C21H26N2O2S. The van der Waals surface area contributed by atoms with Gasteiger partial charge in [0.1, 0.15) is 5.75 Å². The van der Waals surface area contributed by atoms with Gasteiger partial charge in [-0.15, -0.1) is 11.3 Å². The lowest BCUT2D eigenvalue weighted by atomic mass is 9.89. The van der Waals surface area contributed by atoms with Gasteiger partial charge in [0, 0.05) is 54.6 Å². The molecule has 138 valence electrons. The summed E-state index contributed by atoms with van der Waals surface area (Å²) < 4.78 is 12.6. The molecule has 2 aliphatic heterocycles. The van der Waals surface area contributed by atoms with Crippen LogP contribution in [0.4, 0.5) is 5.69 Å². The standard InChI is InChI=1S/C21H26N2O2S/c1-3-18(4-1)23-10-8-21(9-11-23)24-15-16-13-17(6-7-20(16)25-21)22-14-19-5-2-12-26-19/h2,5-7,12-13,18,22H,1,3-4,8-11,14-15H2. The van der Waals surface area contributed by atoms with Gasteiger partial charge in [0.25, 0.3) is 0 Å². The summed E-state index contributed by atoms with van der Waals surface area (Å²) in [6.45, 7) is 3.70. The monoisotopic (exact) mass is 370 g/mol. The lowest BCUT2D eigenvalue weighted by Gasteiger charge is -2.47. The largest absolute Gasteiger partial charge is 0.462 e. The highest BCUT2D eigenvalue weighted by atomic mass is 32.1. The van der Waals surface area contributed by atoms with E-state index in [-0.39, 0.29) is 0 Å². The first-order valence-corrected chi connectivity index (χ1v) is 10.6. The maximum absolute atomic E-state index is 6.37. The summed E-state index contributed by atoms with van der Waals surface area (Å²) in [6, 6.07) is 11.5. The first-order valence-electron chi connectivity index (χ1n) is 9.76. The van der Waals surface area contributed by atoms with Crippen LogP contribution >= 0.6 is 11.3 Å². The van der Waals surface area contributed by atoms with Gasteiger partial charge in [-0.3, -0.25) is 4.90 Å². The third kappa shape index (κ3) is 3.24. The fourth-order valence-corrected chi connectivity index (χ4v) is 4.82. The second-order valence-electron chi connectivity index (χ2n) is 7.68. The summed E-state index contributed by atoms with van der Waals surface area (Å²) in [5.41, 5.74) is 2.27. The van der Waals surface area contributed by atoms with E-state index >= 15 is 0 Å². The van der Waals surface area contributed by atoms with Crippen LogP contribution in [0.3, 0.4) is 0 Å². The van der Waals surface area contributed by atoms with Crippen molar-refractivity contribution in [1.29, 1.82) is 0 Å². The zero-order chi connectivity index (χ0) is 17.4. The summed E-state index contributed by atoms with van der Waals surface area (Å²) in [5, 5.41) is 5.60. The van der Waals surface area contributed by atoms with Gasteiger partial charge in [-0.2, -0.15) is 0 Å². The number of thiophene rings is 1. The summed E-state index contributed by atoms with van der Waals surface area (Å²) in [5.74, 6) is 0.592. The molecule has 4 nitrogen and oxygen atoms in total. The average molecular weight is 371 g/mol. The number of nitrogens with zero attached hydrogens (tertiary/aromatic N) is 1. The van der Waals surface area contributed by atoms with Crippen molar-refractivity contribution >= 4 is 17.0 Å². The van der Waals surface area contributed by atoms with E-state index in [1.54, 1.807) is 11.3 Å². The SMILES string of the molecule is c1csc(CNc2ccc3c(c2)COC2(CCN(C4CCC4)CC2)O3)c1. The van der Waals surface area contributed by atoms with Gasteiger partial charge in [0.05, 0.1) is 6.61 Å². The quantitative estimate of drug-likeness (QED) is 0.852. The lowest BCUT2D eigenvalue weighted by Crippen LogP contribution is -2.54. The molecule has 1 aromatic heterocycles. The van der Waals surface area contributed by atoms with Crippen molar-refractivity contribution in [3.8, 4) is 5.75 Å². The van der Waals surface area contributed by atoms with Crippen molar-refractivity contribution in [3.63, 3.8) is 0 Å². The molecule has 1 N–H and O–H groups in total. The number of hydrogen-bond acceptors (Lipinski definition) is 5.